The van der Waals surface area contributed by atoms with Crippen LogP contribution in [0.4, 0.5) is 4.39 Å². The minimum atomic E-state index is -0.0836. The molecule has 0 spiro atoms. The molecule has 0 aliphatic carbocycles. The van der Waals surface area contributed by atoms with Gasteiger partial charge in [0.05, 0.1) is 0 Å². The SMILES string of the molecule is CCCNC(C)CC(C)(C)Cc1ccccc1F. The van der Waals surface area contributed by atoms with Gasteiger partial charge in [0, 0.05) is 6.04 Å². The van der Waals surface area contributed by atoms with Gasteiger partial charge < -0.3 is 5.32 Å². The van der Waals surface area contributed by atoms with Gasteiger partial charge in [0.1, 0.15) is 5.82 Å². The summed E-state index contributed by atoms with van der Waals surface area (Å²) in [5, 5.41) is 3.50. The van der Waals surface area contributed by atoms with Gasteiger partial charge in [-0.3, -0.25) is 0 Å². The predicted octanol–water partition coefficient (Wildman–Crippen LogP) is 4.17. The van der Waals surface area contributed by atoms with Crippen LogP contribution in [0.15, 0.2) is 24.3 Å². The molecule has 1 aromatic carbocycles. The Balaban J connectivity index is 2.56. The normalized spacial score (nSPS) is 13.6. The molecule has 1 aromatic rings. The van der Waals surface area contributed by atoms with E-state index in [4.69, 9.17) is 0 Å². The fraction of sp³-hybridized carbons (Fsp3) is 0.625. The molecular weight excluding hydrogens is 225 g/mol. The first kappa shape index (κ1) is 15.2. The molecule has 1 rings (SSSR count). The van der Waals surface area contributed by atoms with Crippen molar-refractivity contribution in [3.05, 3.63) is 35.6 Å². The quantitative estimate of drug-likeness (QED) is 0.767. The molecule has 1 N–H and O–H groups in total. The van der Waals surface area contributed by atoms with E-state index in [2.05, 4.69) is 33.0 Å². The highest BCUT2D eigenvalue weighted by Gasteiger charge is 2.22. The lowest BCUT2D eigenvalue weighted by Crippen LogP contribution is -2.32. The summed E-state index contributed by atoms with van der Waals surface area (Å²) in [5.41, 5.74) is 0.938. The van der Waals surface area contributed by atoms with E-state index in [-0.39, 0.29) is 11.2 Å². The molecule has 0 fully saturated rings. The maximum Gasteiger partial charge on any atom is 0.126 e. The molecule has 0 bridgehead atoms. The monoisotopic (exact) mass is 251 g/mol. The van der Waals surface area contributed by atoms with Crippen molar-refractivity contribution in [2.24, 2.45) is 5.41 Å². The number of hydrogen-bond donors (Lipinski definition) is 1. The number of halogens is 1. The van der Waals surface area contributed by atoms with Gasteiger partial charge in [-0.2, -0.15) is 0 Å². The van der Waals surface area contributed by atoms with Crippen molar-refractivity contribution in [2.45, 2.75) is 53.0 Å². The van der Waals surface area contributed by atoms with Gasteiger partial charge in [0.2, 0.25) is 0 Å². The first-order valence-corrected chi connectivity index (χ1v) is 6.91. The number of rotatable bonds is 7. The summed E-state index contributed by atoms with van der Waals surface area (Å²) >= 11 is 0. The summed E-state index contributed by atoms with van der Waals surface area (Å²) in [7, 11) is 0. The van der Waals surface area contributed by atoms with Crippen molar-refractivity contribution in [2.75, 3.05) is 6.54 Å². The summed E-state index contributed by atoms with van der Waals surface area (Å²) < 4.78 is 13.6. The van der Waals surface area contributed by atoms with Crippen molar-refractivity contribution < 1.29 is 4.39 Å². The van der Waals surface area contributed by atoms with Crippen molar-refractivity contribution in [1.82, 2.24) is 5.32 Å². The van der Waals surface area contributed by atoms with E-state index in [1.54, 1.807) is 12.1 Å². The second-order valence-electron chi connectivity index (χ2n) is 5.99. The fourth-order valence-corrected chi connectivity index (χ4v) is 2.52. The summed E-state index contributed by atoms with van der Waals surface area (Å²) in [6.07, 6.45) is 3.00. The van der Waals surface area contributed by atoms with Crippen molar-refractivity contribution >= 4 is 0 Å². The van der Waals surface area contributed by atoms with Crippen LogP contribution < -0.4 is 5.32 Å². The van der Waals surface area contributed by atoms with Gasteiger partial charge in [0.15, 0.2) is 0 Å². The number of nitrogens with one attached hydrogen (secondary N) is 1. The maximum atomic E-state index is 13.6. The predicted molar refractivity (Wildman–Crippen MR) is 76.3 cm³/mol. The van der Waals surface area contributed by atoms with Gasteiger partial charge in [-0.25, -0.2) is 4.39 Å². The van der Waals surface area contributed by atoms with Gasteiger partial charge >= 0.3 is 0 Å². The molecule has 18 heavy (non-hydrogen) atoms. The van der Waals surface area contributed by atoms with Crippen LogP contribution in [-0.2, 0) is 6.42 Å². The van der Waals surface area contributed by atoms with Crippen LogP contribution in [-0.4, -0.2) is 12.6 Å². The molecule has 1 atom stereocenters. The first-order valence-electron chi connectivity index (χ1n) is 6.91. The Morgan fingerprint density at radius 3 is 2.56 bits per heavy atom. The second kappa shape index (κ2) is 6.89. The largest absolute Gasteiger partial charge is 0.314 e. The molecule has 0 radical (unpaired) electrons. The highest BCUT2D eigenvalue weighted by Crippen LogP contribution is 2.28. The number of benzene rings is 1. The van der Waals surface area contributed by atoms with Crippen LogP contribution in [0.5, 0.6) is 0 Å². The molecular formula is C16H26FN. The Hall–Kier alpha value is -0.890. The van der Waals surface area contributed by atoms with Crippen LogP contribution in [0.2, 0.25) is 0 Å². The molecule has 0 saturated heterocycles. The van der Waals surface area contributed by atoms with Crippen LogP contribution in [0.1, 0.15) is 46.1 Å². The van der Waals surface area contributed by atoms with Crippen LogP contribution in [0.25, 0.3) is 0 Å². The van der Waals surface area contributed by atoms with Crippen LogP contribution >= 0.6 is 0 Å². The van der Waals surface area contributed by atoms with Crippen molar-refractivity contribution in [1.29, 1.82) is 0 Å². The zero-order valence-corrected chi connectivity index (χ0v) is 12.1. The van der Waals surface area contributed by atoms with E-state index in [0.29, 0.717) is 6.04 Å². The molecule has 0 aromatic heterocycles. The third kappa shape index (κ3) is 5.18. The molecule has 1 unspecified atom stereocenters. The van der Waals surface area contributed by atoms with Crippen LogP contribution in [0.3, 0.4) is 0 Å². The summed E-state index contributed by atoms with van der Waals surface area (Å²) in [6.45, 7) is 9.85. The van der Waals surface area contributed by atoms with Gasteiger partial charge in [-0.15, -0.1) is 0 Å². The van der Waals surface area contributed by atoms with E-state index in [9.17, 15) is 4.39 Å². The summed E-state index contributed by atoms with van der Waals surface area (Å²) in [5.74, 6) is -0.0836. The molecule has 1 nitrogen and oxygen atoms in total. The summed E-state index contributed by atoms with van der Waals surface area (Å²) in [6, 6.07) is 7.57. The smallest absolute Gasteiger partial charge is 0.126 e. The lowest BCUT2D eigenvalue weighted by atomic mass is 9.80. The fourth-order valence-electron chi connectivity index (χ4n) is 2.52. The molecule has 0 aliphatic heterocycles. The maximum absolute atomic E-state index is 13.6. The molecule has 0 amide bonds. The molecule has 0 heterocycles. The Morgan fingerprint density at radius 1 is 1.28 bits per heavy atom. The third-order valence-corrected chi connectivity index (χ3v) is 3.23. The average molecular weight is 251 g/mol. The lowest BCUT2D eigenvalue weighted by molar-refractivity contribution is 0.284. The van der Waals surface area contributed by atoms with E-state index >= 15 is 0 Å². The van der Waals surface area contributed by atoms with E-state index < -0.39 is 0 Å². The Morgan fingerprint density at radius 2 is 1.94 bits per heavy atom. The molecule has 0 aliphatic rings. The molecule has 102 valence electrons. The zero-order valence-electron chi connectivity index (χ0n) is 12.1. The van der Waals surface area contributed by atoms with Gasteiger partial charge in [-0.05, 0) is 49.8 Å². The average Bonchev–Trinajstić information content (AvgIpc) is 2.28. The minimum Gasteiger partial charge on any atom is -0.314 e. The standard InChI is InChI=1S/C16H26FN/c1-5-10-18-13(2)11-16(3,4)12-14-8-6-7-9-15(14)17/h6-9,13,18H,5,10-12H2,1-4H3. The first-order chi connectivity index (χ1) is 8.44. The molecule has 2 heteroatoms. The van der Waals surface area contributed by atoms with E-state index in [0.717, 1.165) is 31.4 Å². The Kier molecular flexibility index (Phi) is 5.80. The number of hydrogen-bond acceptors (Lipinski definition) is 1. The van der Waals surface area contributed by atoms with Crippen molar-refractivity contribution in [3.8, 4) is 0 Å². The third-order valence-electron chi connectivity index (χ3n) is 3.23. The van der Waals surface area contributed by atoms with Crippen LogP contribution in [0, 0.1) is 11.2 Å². The van der Waals surface area contributed by atoms with E-state index in [1.807, 2.05) is 12.1 Å². The Bertz CT molecular complexity index is 360. The second-order valence-corrected chi connectivity index (χ2v) is 5.99. The Labute approximate surface area is 111 Å². The van der Waals surface area contributed by atoms with Crippen molar-refractivity contribution in [3.63, 3.8) is 0 Å². The minimum absolute atomic E-state index is 0.0836. The lowest BCUT2D eigenvalue weighted by Gasteiger charge is -2.29. The zero-order chi connectivity index (χ0) is 13.6. The van der Waals surface area contributed by atoms with E-state index in [1.165, 1.54) is 0 Å². The highest BCUT2D eigenvalue weighted by molar-refractivity contribution is 5.18. The topological polar surface area (TPSA) is 12.0 Å². The molecule has 0 saturated carbocycles. The van der Waals surface area contributed by atoms with Gasteiger partial charge in [0.25, 0.3) is 0 Å². The van der Waals surface area contributed by atoms with Gasteiger partial charge in [-0.1, -0.05) is 39.0 Å². The highest BCUT2D eigenvalue weighted by atomic mass is 19.1. The summed E-state index contributed by atoms with van der Waals surface area (Å²) in [4.78, 5) is 0.